The van der Waals surface area contributed by atoms with Gasteiger partial charge in [-0.15, -0.1) is 0 Å². The number of benzene rings is 1. The Kier molecular flexibility index (Phi) is 5.45. The van der Waals surface area contributed by atoms with Crippen molar-refractivity contribution in [2.24, 2.45) is 10.9 Å². The first-order valence-electron chi connectivity index (χ1n) is 5.93. The van der Waals surface area contributed by atoms with Gasteiger partial charge in [-0.2, -0.15) is 0 Å². The lowest BCUT2D eigenvalue weighted by molar-refractivity contribution is 0.315. The van der Waals surface area contributed by atoms with Crippen molar-refractivity contribution in [2.45, 2.75) is 32.4 Å². The first-order chi connectivity index (χ1) is 8.58. The summed E-state index contributed by atoms with van der Waals surface area (Å²) in [5.41, 5.74) is 6.57. The lowest BCUT2D eigenvalue weighted by atomic mass is 10.1. The fourth-order valence-electron chi connectivity index (χ4n) is 1.95. The highest BCUT2D eigenvalue weighted by Gasteiger charge is 2.14. The minimum atomic E-state index is 0.112. The molecule has 1 aromatic carbocycles. The minimum absolute atomic E-state index is 0.112. The molecule has 0 aliphatic carbocycles. The number of hydrogen-bond acceptors (Lipinski definition) is 4. The molecule has 5 nitrogen and oxygen atoms in total. The lowest BCUT2D eigenvalue weighted by Crippen LogP contribution is -2.33. The van der Waals surface area contributed by atoms with Crippen LogP contribution in [0, 0.1) is 0 Å². The van der Waals surface area contributed by atoms with Crippen LogP contribution >= 0.6 is 0 Å². The van der Waals surface area contributed by atoms with E-state index in [2.05, 4.69) is 17.4 Å². The summed E-state index contributed by atoms with van der Waals surface area (Å²) in [5.74, 6) is 1.08. The summed E-state index contributed by atoms with van der Waals surface area (Å²) in [5, 5.41) is 14.9. The van der Waals surface area contributed by atoms with E-state index < -0.39 is 0 Å². The van der Waals surface area contributed by atoms with Gasteiger partial charge < -0.3 is 21.0 Å². The first kappa shape index (κ1) is 14.3. The highest BCUT2D eigenvalue weighted by atomic mass is 16.5. The molecular weight excluding hydrogens is 230 g/mol. The highest BCUT2D eigenvalue weighted by Crippen LogP contribution is 2.24. The Balaban J connectivity index is 2.67. The normalized spacial score (nSPS) is 15.2. The van der Waals surface area contributed by atoms with Crippen LogP contribution in [0.25, 0.3) is 0 Å². The standard InChI is InChI=1S/C13H21N3O2/c1-9(8-13(14)16-17)15-10(2)11-6-4-5-7-12(11)18-3/h4-7,9-10,15,17H,8H2,1-3H3,(H2,14,16)/t9?,10-/m1/s1. The Morgan fingerprint density at radius 2 is 2.11 bits per heavy atom. The van der Waals surface area contributed by atoms with Gasteiger partial charge in [0.1, 0.15) is 11.6 Å². The van der Waals surface area contributed by atoms with E-state index in [0.717, 1.165) is 11.3 Å². The zero-order valence-electron chi connectivity index (χ0n) is 11.1. The van der Waals surface area contributed by atoms with Crippen LogP contribution in [0.3, 0.4) is 0 Å². The summed E-state index contributed by atoms with van der Waals surface area (Å²) in [6.45, 7) is 4.05. The van der Waals surface area contributed by atoms with Gasteiger partial charge in [-0.1, -0.05) is 23.4 Å². The van der Waals surface area contributed by atoms with Gasteiger partial charge in [-0.05, 0) is 19.9 Å². The summed E-state index contributed by atoms with van der Waals surface area (Å²) in [4.78, 5) is 0. The van der Waals surface area contributed by atoms with E-state index in [1.807, 2.05) is 31.2 Å². The number of amidine groups is 1. The van der Waals surface area contributed by atoms with Crippen molar-refractivity contribution in [2.75, 3.05) is 7.11 Å². The van der Waals surface area contributed by atoms with Gasteiger partial charge in [0, 0.05) is 24.1 Å². The molecule has 0 saturated carbocycles. The zero-order valence-corrected chi connectivity index (χ0v) is 11.1. The van der Waals surface area contributed by atoms with Gasteiger partial charge in [0.25, 0.3) is 0 Å². The molecule has 0 aliphatic rings. The van der Waals surface area contributed by atoms with Gasteiger partial charge in [0.2, 0.25) is 0 Å². The van der Waals surface area contributed by atoms with E-state index in [4.69, 9.17) is 15.7 Å². The molecule has 18 heavy (non-hydrogen) atoms. The third-order valence-corrected chi connectivity index (χ3v) is 2.78. The molecule has 1 unspecified atom stereocenters. The number of rotatable bonds is 6. The maximum Gasteiger partial charge on any atom is 0.140 e. The average Bonchev–Trinajstić information content (AvgIpc) is 2.38. The van der Waals surface area contributed by atoms with Crippen molar-refractivity contribution < 1.29 is 9.94 Å². The molecule has 1 rings (SSSR count). The molecule has 0 aromatic heterocycles. The van der Waals surface area contributed by atoms with Crippen LogP contribution in [0.1, 0.15) is 31.9 Å². The molecule has 2 atom stereocenters. The van der Waals surface area contributed by atoms with Crippen molar-refractivity contribution in [3.05, 3.63) is 29.8 Å². The minimum Gasteiger partial charge on any atom is -0.496 e. The molecule has 100 valence electrons. The van der Waals surface area contributed by atoms with Crippen molar-refractivity contribution in [3.63, 3.8) is 0 Å². The van der Waals surface area contributed by atoms with E-state index in [-0.39, 0.29) is 17.9 Å². The lowest BCUT2D eigenvalue weighted by Gasteiger charge is -2.21. The SMILES string of the molecule is COc1ccccc1[C@@H](C)NC(C)C/C(N)=N/O. The second kappa shape index (κ2) is 6.86. The Morgan fingerprint density at radius 1 is 1.44 bits per heavy atom. The van der Waals surface area contributed by atoms with Crippen molar-refractivity contribution in [3.8, 4) is 5.75 Å². The van der Waals surface area contributed by atoms with Crippen molar-refractivity contribution in [1.29, 1.82) is 0 Å². The van der Waals surface area contributed by atoms with Crippen LogP contribution in [-0.4, -0.2) is 24.2 Å². The number of nitrogens with one attached hydrogen (secondary N) is 1. The van der Waals surface area contributed by atoms with E-state index in [1.54, 1.807) is 7.11 Å². The number of hydrogen-bond donors (Lipinski definition) is 3. The zero-order chi connectivity index (χ0) is 13.5. The predicted molar refractivity (Wildman–Crippen MR) is 72.0 cm³/mol. The smallest absolute Gasteiger partial charge is 0.140 e. The summed E-state index contributed by atoms with van der Waals surface area (Å²) in [7, 11) is 1.66. The molecule has 0 amide bonds. The topological polar surface area (TPSA) is 79.9 Å². The number of methoxy groups -OCH3 is 1. The van der Waals surface area contributed by atoms with Gasteiger partial charge in [0.15, 0.2) is 0 Å². The summed E-state index contributed by atoms with van der Waals surface area (Å²) >= 11 is 0. The van der Waals surface area contributed by atoms with Gasteiger partial charge >= 0.3 is 0 Å². The summed E-state index contributed by atoms with van der Waals surface area (Å²) in [6.07, 6.45) is 0.496. The number of ether oxygens (including phenoxy) is 1. The molecular formula is C13H21N3O2. The Hall–Kier alpha value is -1.75. The van der Waals surface area contributed by atoms with Crippen LogP contribution in [0.15, 0.2) is 29.4 Å². The monoisotopic (exact) mass is 251 g/mol. The van der Waals surface area contributed by atoms with Crippen LogP contribution in [0.2, 0.25) is 0 Å². The number of oxime groups is 1. The molecule has 0 bridgehead atoms. The molecule has 0 aliphatic heterocycles. The first-order valence-corrected chi connectivity index (χ1v) is 5.93. The van der Waals surface area contributed by atoms with Crippen molar-refractivity contribution in [1.82, 2.24) is 5.32 Å². The van der Waals surface area contributed by atoms with Crippen LogP contribution < -0.4 is 15.8 Å². The van der Waals surface area contributed by atoms with Gasteiger partial charge in [-0.25, -0.2) is 0 Å². The summed E-state index contributed by atoms with van der Waals surface area (Å²) < 4.78 is 5.32. The maximum absolute atomic E-state index is 8.53. The predicted octanol–water partition coefficient (Wildman–Crippen LogP) is 1.87. The fraction of sp³-hybridized carbons (Fsp3) is 0.462. The number of nitrogens with zero attached hydrogens (tertiary/aromatic N) is 1. The second-order valence-corrected chi connectivity index (χ2v) is 4.33. The largest absolute Gasteiger partial charge is 0.496 e. The molecule has 4 N–H and O–H groups in total. The van der Waals surface area contributed by atoms with Gasteiger partial charge in [-0.3, -0.25) is 0 Å². The molecule has 0 spiro atoms. The van der Waals surface area contributed by atoms with E-state index in [9.17, 15) is 0 Å². The summed E-state index contributed by atoms with van der Waals surface area (Å²) in [6, 6.07) is 8.11. The molecule has 5 heteroatoms. The fourth-order valence-corrected chi connectivity index (χ4v) is 1.95. The van der Waals surface area contributed by atoms with Crippen LogP contribution in [0.4, 0.5) is 0 Å². The van der Waals surface area contributed by atoms with Crippen LogP contribution in [-0.2, 0) is 0 Å². The second-order valence-electron chi connectivity index (χ2n) is 4.33. The Morgan fingerprint density at radius 3 is 2.72 bits per heavy atom. The molecule has 0 fully saturated rings. The highest BCUT2D eigenvalue weighted by molar-refractivity contribution is 5.80. The molecule has 0 radical (unpaired) electrons. The van der Waals surface area contributed by atoms with E-state index in [0.29, 0.717) is 6.42 Å². The third kappa shape index (κ3) is 3.92. The van der Waals surface area contributed by atoms with E-state index >= 15 is 0 Å². The van der Waals surface area contributed by atoms with E-state index in [1.165, 1.54) is 0 Å². The average molecular weight is 251 g/mol. The molecule has 1 aromatic rings. The Bertz CT molecular complexity index is 407. The number of nitrogens with two attached hydrogens (primary N) is 1. The maximum atomic E-state index is 8.53. The van der Waals surface area contributed by atoms with Crippen molar-refractivity contribution >= 4 is 5.84 Å². The third-order valence-electron chi connectivity index (χ3n) is 2.78. The van der Waals surface area contributed by atoms with Gasteiger partial charge in [0.05, 0.1) is 7.11 Å². The molecule has 0 heterocycles. The quantitative estimate of drug-likeness (QED) is 0.312. The number of para-hydroxylation sites is 1. The Labute approximate surface area is 108 Å². The van der Waals surface area contributed by atoms with Crippen LogP contribution in [0.5, 0.6) is 5.75 Å². The molecule has 0 saturated heterocycles.